The molecule has 156 valence electrons. The second kappa shape index (κ2) is 11.8. The predicted octanol–water partition coefficient (Wildman–Crippen LogP) is 4.39. The number of ether oxygens (including phenoxy) is 1. The number of hydrogen-bond donors (Lipinski definition) is 1. The number of rotatable bonds is 10. The molecule has 0 aliphatic rings. The fraction of sp³-hybridized carbons (Fsp3) is 0.391. The molecule has 6 heteroatoms. The summed E-state index contributed by atoms with van der Waals surface area (Å²) in [5.74, 6) is 0.300. The maximum absolute atomic E-state index is 13.1. The van der Waals surface area contributed by atoms with Gasteiger partial charge in [-0.25, -0.2) is 0 Å². The molecule has 0 unspecified atom stereocenters. The van der Waals surface area contributed by atoms with E-state index in [0.717, 1.165) is 15.6 Å². The van der Waals surface area contributed by atoms with Crippen LogP contribution in [0.25, 0.3) is 0 Å². The SMILES string of the molecule is CC[C@@H](C)NC(=O)[C@H](CC)N(Cc1ccccc1)C(=O)COc1ccc(I)cc1. The molecule has 0 spiro atoms. The van der Waals surface area contributed by atoms with Crippen LogP contribution in [-0.2, 0) is 16.1 Å². The Kier molecular flexibility index (Phi) is 9.44. The van der Waals surface area contributed by atoms with Gasteiger partial charge in [0.2, 0.25) is 5.91 Å². The van der Waals surface area contributed by atoms with Crippen LogP contribution >= 0.6 is 22.6 Å². The van der Waals surface area contributed by atoms with Crippen molar-refractivity contribution in [2.24, 2.45) is 0 Å². The molecule has 2 atom stereocenters. The quantitative estimate of drug-likeness (QED) is 0.485. The van der Waals surface area contributed by atoms with Crippen molar-refractivity contribution in [2.45, 2.75) is 52.2 Å². The van der Waals surface area contributed by atoms with Gasteiger partial charge >= 0.3 is 0 Å². The lowest BCUT2D eigenvalue weighted by atomic mass is 10.1. The van der Waals surface area contributed by atoms with Gasteiger partial charge in [0.05, 0.1) is 0 Å². The van der Waals surface area contributed by atoms with Crippen LogP contribution in [-0.4, -0.2) is 35.4 Å². The van der Waals surface area contributed by atoms with Crippen LogP contribution in [0, 0.1) is 3.57 Å². The largest absolute Gasteiger partial charge is 0.484 e. The van der Waals surface area contributed by atoms with Gasteiger partial charge in [0.15, 0.2) is 6.61 Å². The average molecular weight is 508 g/mol. The Labute approximate surface area is 187 Å². The summed E-state index contributed by atoms with van der Waals surface area (Å²) in [5.41, 5.74) is 0.977. The van der Waals surface area contributed by atoms with Crippen molar-refractivity contribution in [1.29, 1.82) is 0 Å². The number of benzene rings is 2. The second-order valence-corrected chi connectivity index (χ2v) is 8.24. The van der Waals surface area contributed by atoms with Crippen LogP contribution < -0.4 is 10.1 Å². The van der Waals surface area contributed by atoms with Crippen molar-refractivity contribution in [2.75, 3.05) is 6.61 Å². The van der Waals surface area contributed by atoms with Gasteiger partial charge in [0, 0.05) is 16.2 Å². The smallest absolute Gasteiger partial charge is 0.261 e. The van der Waals surface area contributed by atoms with Crippen molar-refractivity contribution in [3.8, 4) is 5.75 Å². The van der Waals surface area contributed by atoms with Gasteiger partial charge < -0.3 is 15.0 Å². The van der Waals surface area contributed by atoms with E-state index in [0.29, 0.717) is 18.7 Å². The molecule has 5 nitrogen and oxygen atoms in total. The highest BCUT2D eigenvalue weighted by Gasteiger charge is 2.29. The zero-order chi connectivity index (χ0) is 21.2. The molecule has 0 fully saturated rings. The fourth-order valence-electron chi connectivity index (χ4n) is 2.90. The van der Waals surface area contributed by atoms with E-state index >= 15 is 0 Å². The molecule has 1 N–H and O–H groups in total. The van der Waals surface area contributed by atoms with Gasteiger partial charge in [0.25, 0.3) is 5.91 Å². The lowest BCUT2D eigenvalue weighted by Crippen LogP contribution is -2.51. The number of hydrogen-bond acceptors (Lipinski definition) is 3. The highest BCUT2D eigenvalue weighted by Crippen LogP contribution is 2.16. The summed E-state index contributed by atoms with van der Waals surface area (Å²) in [7, 11) is 0. The first-order valence-electron chi connectivity index (χ1n) is 9.96. The molecule has 2 amide bonds. The average Bonchev–Trinajstić information content (AvgIpc) is 2.73. The zero-order valence-electron chi connectivity index (χ0n) is 17.2. The van der Waals surface area contributed by atoms with E-state index in [-0.39, 0.29) is 24.5 Å². The number of halogens is 1. The van der Waals surface area contributed by atoms with E-state index in [1.165, 1.54) is 0 Å². The van der Waals surface area contributed by atoms with Crippen LogP contribution in [0.4, 0.5) is 0 Å². The van der Waals surface area contributed by atoms with Crippen LogP contribution in [0.2, 0.25) is 0 Å². The Morgan fingerprint density at radius 2 is 1.69 bits per heavy atom. The maximum Gasteiger partial charge on any atom is 0.261 e. The summed E-state index contributed by atoms with van der Waals surface area (Å²) in [5, 5.41) is 3.01. The summed E-state index contributed by atoms with van der Waals surface area (Å²) in [6.45, 7) is 6.16. The third kappa shape index (κ3) is 7.34. The molecule has 0 radical (unpaired) electrons. The maximum atomic E-state index is 13.1. The van der Waals surface area contributed by atoms with Crippen molar-refractivity contribution in [3.63, 3.8) is 0 Å². The number of nitrogens with zero attached hydrogens (tertiary/aromatic N) is 1. The Morgan fingerprint density at radius 1 is 1.03 bits per heavy atom. The van der Waals surface area contributed by atoms with E-state index in [1.807, 2.05) is 75.4 Å². The minimum atomic E-state index is -0.544. The van der Waals surface area contributed by atoms with Crippen molar-refractivity contribution >= 4 is 34.4 Å². The van der Waals surface area contributed by atoms with Gasteiger partial charge in [-0.3, -0.25) is 9.59 Å². The molecule has 0 heterocycles. The topological polar surface area (TPSA) is 58.6 Å². The molecule has 0 saturated heterocycles. The molecule has 0 saturated carbocycles. The van der Waals surface area contributed by atoms with Crippen molar-refractivity contribution in [1.82, 2.24) is 10.2 Å². The first kappa shape index (κ1) is 23.2. The molecule has 29 heavy (non-hydrogen) atoms. The second-order valence-electron chi connectivity index (χ2n) is 6.99. The van der Waals surface area contributed by atoms with Gasteiger partial charge in [-0.15, -0.1) is 0 Å². The Hall–Kier alpha value is -2.09. The zero-order valence-corrected chi connectivity index (χ0v) is 19.4. The van der Waals surface area contributed by atoms with E-state index in [9.17, 15) is 9.59 Å². The molecule has 0 bridgehead atoms. The molecule has 2 rings (SSSR count). The Morgan fingerprint density at radius 3 is 2.28 bits per heavy atom. The first-order chi connectivity index (χ1) is 13.9. The van der Waals surface area contributed by atoms with Crippen molar-refractivity contribution in [3.05, 3.63) is 63.7 Å². The summed E-state index contributed by atoms with van der Waals surface area (Å²) in [4.78, 5) is 27.5. The third-order valence-corrected chi connectivity index (χ3v) is 5.48. The monoisotopic (exact) mass is 508 g/mol. The van der Waals surface area contributed by atoms with Crippen LogP contribution in [0.15, 0.2) is 54.6 Å². The summed E-state index contributed by atoms with van der Waals surface area (Å²) >= 11 is 2.22. The highest BCUT2D eigenvalue weighted by atomic mass is 127. The number of nitrogens with one attached hydrogen (secondary N) is 1. The number of amides is 2. The van der Waals surface area contributed by atoms with Gasteiger partial charge in [-0.05, 0) is 72.2 Å². The fourth-order valence-corrected chi connectivity index (χ4v) is 3.26. The lowest BCUT2D eigenvalue weighted by Gasteiger charge is -2.31. The molecule has 2 aromatic carbocycles. The minimum Gasteiger partial charge on any atom is -0.484 e. The number of carbonyl (C=O) groups is 2. The Balaban J connectivity index is 2.16. The standard InChI is InChI=1S/C23H29IN2O3/c1-4-17(3)25-23(28)21(5-2)26(15-18-9-7-6-8-10-18)22(27)16-29-20-13-11-19(24)12-14-20/h6-14,17,21H,4-5,15-16H2,1-3H3,(H,25,28)/t17-,21+/m1/s1. The molecular formula is C23H29IN2O3. The van der Waals surface area contributed by atoms with Gasteiger partial charge in [-0.2, -0.15) is 0 Å². The summed E-state index contributed by atoms with van der Waals surface area (Å²) in [6, 6.07) is 16.8. The molecule has 0 aromatic heterocycles. The van der Waals surface area contributed by atoms with Crippen LogP contribution in [0.3, 0.4) is 0 Å². The normalized spacial score (nSPS) is 12.7. The molecular weight excluding hydrogens is 479 g/mol. The first-order valence-corrected chi connectivity index (χ1v) is 11.0. The minimum absolute atomic E-state index is 0.0632. The van der Waals surface area contributed by atoms with Crippen LogP contribution in [0.1, 0.15) is 39.2 Å². The summed E-state index contributed by atoms with van der Waals surface area (Å²) in [6.07, 6.45) is 1.37. The van der Waals surface area contributed by atoms with Gasteiger partial charge in [-0.1, -0.05) is 44.2 Å². The predicted molar refractivity (Wildman–Crippen MR) is 124 cm³/mol. The van der Waals surface area contributed by atoms with E-state index in [2.05, 4.69) is 27.9 Å². The van der Waals surface area contributed by atoms with E-state index in [4.69, 9.17) is 4.74 Å². The van der Waals surface area contributed by atoms with E-state index < -0.39 is 6.04 Å². The number of carbonyl (C=O) groups excluding carboxylic acids is 2. The van der Waals surface area contributed by atoms with Crippen LogP contribution in [0.5, 0.6) is 5.75 Å². The summed E-state index contributed by atoms with van der Waals surface area (Å²) < 4.78 is 6.79. The highest BCUT2D eigenvalue weighted by molar-refractivity contribution is 14.1. The van der Waals surface area contributed by atoms with E-state index in [1.54, 1.807) is 4.90 Å². The third-order valence-electron chi connectivity index (χ3n) is 4.76. The van der Waals surface area contributed by atoms with Crippen molar-refractivity contribution < 1.29 is 14.3 Å². The Bertz CT molecular complexity index is 780. The lowest BCUT2D eigenvalue weighted by molar-refractivity contribution is -0.143. The molecule has 2 aromatic rings. The molecule has 0 aliphatic heterocycles. The molecule has 0 aliphatic carbocycles. The van der Waals surface area contributed by atoms with Gasteiger partial charge in [0.1, 0.15) is 11.8 Å².